The highest BCUT2D eigenvalue weighted by molar-refractivity contribution is 5.65. The zero-order valence-corrected chi connectivity index (χ0v) is 10.5. The lowest BCUT2D eigenvalue weighted by atomic mass is 10.1. The molecule has 19 heavy (non-hydrogen) atoms. The highest BCUT2D eigenvalue weighted by atomic mass is 19.1. The first-order valence-corrected chi connectivity index (χ1v) is 5.62. The van der Waals surface area contributed by atoms with Gasteiger partial charge in [-0.1, -0.05) is 12.1 Å². The average Bonchev–Trinajstić information content (AvgIpc) is 2.41. The van der Waals surface area contributed by atoms with Gasteiger partial charge in [0.05, 0.1) is 16.7 Å². The van der Waals surface area contributed by atoms with Gasteiger partial charge in [0.2, 0.25) is 0 Å². The van der Waals surface area contributed by atoms with E-state index in [0.29, 0.717) is 22.6 Å². The van der Waals surface area contributed by atoms with E-state index >= 15 is 0 Å². The van der Waals surface area contributed by atoms with Crippen LogP contribution in [0.5, 0.6) is 0 Å². The number of anilines is 1. The van der Waals surface area contributed by atoms with E-state index in [9.17, 15) is 14.5 Å². The van der Waals surface area contributed by atoms with E-state index in [2.05, 4.69) is 10.3 Å². The number of hydrogen-bond donors (Lipinski definition) is 1. The number of nitrogens with one attached hydrogen (secondary N) is 1. The first-order chi connectivity index (χ1) is 9.01. The summed E-state index contributed by atoms with van der Waals surface area (Å²) in [6, 6.07) is 7.27. The fourth-order valence-electron chi connectivity index (χ4n) is 1.65. The molecule has 0 aliphatic rings. The summed E-state index contributed by atoms with van der Waals surface area (Å²) >= 11 is 0. The molecule has 0 saturated heterocycles. The van der Waals surface area contributed by atoms with E-state index in [1.54, 1.807) is 26.1 Å². The third kappa shape index (κ3) is 2.67. The van der Waals surface area contributed by atoms with Crippen LogP contribution in [0.3, 0.4) is 0 Å². The van der Waals surface area contributed by atoms with Crippen LogP contribution in [0.4, 0.5) is 15.9 Å². The Morgan fingerprint density at radius 1 is 1.32 bits per heavy atom. The van der Waals surface area contributed by atoms with Crippen molar-refractivity contribution < 1.29 is 9.31 Å². The van der Waals surface area contributed by atoms with Crippen LogP contribution in [0.25, 0.3) is 11.3 Å². The maximum Gasteiger partial charge on any atom is 0.275 e. The summed E-state index contributed by atoms with van der Waals surface area (Å²) in [5, 5.41) is 13.6. The third-order valence-corrected chi connectivity index (χ3v) is 2.74. The molecule has 1 heterocycles. The quantitative estimate of drug-likeness (QED) is 0.680. The molecule has 0 saturated carbocycles. The van der Waals surface area contributed by atoms with Crippen molar-refractivity contribution in [1.29, 1.82) is 0 Å². The van der Waals surface area contributed by atoms with Crippen LogP contribution >= 0.6 is 0 Å². The van der Waals surface area contributed by atoms with Crippen molar-refractivity contribution in [2.75, 3.05) is 12.4 Å². The summed E-state index contributed by atoms with van der Waals surface area (Å²) < 4.78 is 13.5. The SMILES string of the molecule is CNc1cc([N+](=O)[O-])cc(-c2ccc(C)c(F)c2)n1. The van der Waals surface area contributed by atoms with Gasteiger partial charge in [-0.05, 0) is 18.6 Å². The fraction of sp³-hybridized carbons (Fsp3) is 0.154. The van der Waals surface area contributed by atoms with Gasteiger partial charge < -0.3 is 5.32 Å². The van der Waals surface area contributed by atoms with Crippen LogP contribution in [0.1, 0.15) is 5.56 Å². The van der Waals surface area contributed by atoms with Crippen LogP contribution in [-0.2, 0) is 0 Å². The molecule has 6 heteroatoms. The van der Waals surface area contributed by atoms with Crippen molar-refractivity contribution in [3.05, 3.63) is 51.8 Å². The standard InChI is InChI=1S/C13H12FN3O2/c1-8-3-4-9(5-11(8)14)12-6-10(17(18)19)7-13(15-2)16-12/h3-7H,1-2H3,(H,15,16). The number of hydrogen-bond acceptors (Lipinski definition) is 4. The molecule has 98 valence electrons. The van der Waals surface area contributed by atoms with Crippen molar-refractivity contribution in [2.45, 2.75) is 6.92 Å². The molecule has 0 radical (unpaired) electrons. The Morgan fingerprint density at radius 3 is 2.63 bits per heavy atom. The lowest BCUT2D eigenvalue weighted by Gasteiger charge is -2.06. The highest BCUT2D eigenvalue weighted by Gasteiger charge is 2.12. The van der Waals surface area contributed by atoms with E-state index in [0.717, 1.165) is 0 Å². The van der Waals surface area contributed by atoms with Crippen molar-refractivity contribution in [3.63, 3.8) is 0 Å². The summed E-state index contributed by atoms with van der Waals surface area (Å²) in [5.41, 5.74) is 1.29. The summed E-state index contributed by atoms with van der Waals surface area (Å²) in [6.45, 7) is 1.65. The van der Waals surface area contributed by atoms with Gasteiger partial charge in [-0.2, -0.15) is 0 Å². The molecule has 0 atom stereocenters. The molecule has 5 nitrogen and oxygen atoms in total. The predicted octanol–water partition coefficient (Wildman–Crippen LogP) is 3.15. The smallest absolute Gasteiger partial charge is 0.275 e. The zero-order valence-electron chi connectivity index (χ0n) is 10.5. The topological polar surface area (TPSA) is 68.1 Å². The van der Waals surface area contributed by atoms with Crippen molar-refractivity contribution in [1.82, 2.24) is 4.98 Å². The molecule has 1 aromatic carbocycles. The van der Waals surface area contributed by atoms with Gasteiger partial charge in [0.25, 0.3) is 5.69 Å². The minimum Gasteiger partial charge on any atom is -0.373 e. The molecule has 0 bridgehead atoms. The van der Waals surface area contributed by atoms with Crippen molar-refractivity contribution >= 4 is 11.5 Å². The van der Waals surface area contributed by atoms with Crippen molar-refractivity contribution in [2.24, 2.45) is 0 Å². The fourth-order valence-corrected chi connectivity index (χ4v) is 1.65. The molecule has 1 aromatic heterocycles. The monoisotopic (exact) mass is 261 g/mol. The maximum absolute atomic E-state index is 13.5. The van der Waals surface area contributed by atoms with Crippen LogP contribution in [0.2, 0.25) is 0 Å². The Kier molecular flexibility index (Phi) is 3.41. The van der Waals surface area contributed by atoms with Crippen LogP contribution in [0, 0.1) is 22.9 Å². The lowest BCUT2D eigenvalue weighted by molar-refractivity contribution is -0.384. The molecule has 0 aliphatic carbocycles. The van der Waals surface area contributed by atoms with Gasteiger partial charge in [0.1, 0.15) is 11.6 Å². The zero-order chi connectivity index (χ0) is 14.0. The first-order valence-electron chi connectivity index (χ1n) is 5.62. The van der Waals surface area contributed by atoms with E-state index in [1.807, 2.05) is 0 Å². The summed E-state index contributed by atoms with van der Waals surface area (Å²) in [6.07, 6.45) is 0. The Morgan fingerprint density at radius 2 is 2.05 bits per heavy atom. The molecular formula is C13H12FN3O2. The van der Waals surface area contributed by atoms with Gasteiger partial charge in [-0.15, -0.1) is 0 Å². The number of aryl methyl sites for hydroxylation is 1. The van der Waals surface area contributed by atoms with E-state index in [1.165, 1.54) is 18.2 Å². The Hall–Kier alpha value is -2.50. The second-order valence-corrected chi connectivity index (χ2v) is 4.07. The van der Waals surface area contributed by atoms with E-state index in [4.69, 9.17) is 0 Å². The number of rotatable bonds is 3. The largest absolute Gasteiger partial charge is 0.373 e. The molecule has 2 rings (SSSR count). The van der Waals surface area contributed by atoms with E-state index < -0.39 is 4.92 Å². The minimum absolute atomic E-state index is 0.0877. The number of halogens is 1. The Labute approximate surface area is 109 Å². The second-order valence-electron chi connectivity index (χ2n) is 4.07. The molecule has 2 aromatic rings. The number of pyridine rings is 1. The summed E-state index contributed by atoms with van der Waals surface area (Å²) in [5.74, 6) is 0.00185. The minimum atomic E-state index is -0.503. The molecule has 0 fully saturated rings. The van der Waals surface area contributed by atoms with E-state index in [-0.39, 0.29) is 11.5 Å². The van der Waals surface area contributed by atoms with Gasteiger partial charge in [-0.25, -0.2) is 9.37 Å². The number of nitro groups is 1. The summed E-state index contributed by atoms with van der Waals surface area (Å²) in [7, 11) is 1.62. The molecule has 1 N–H and O–H groups in total. The highest BCUT2D eigenvalue weighted by Crippen LogP contribution is 2.26. The van der Waals surface area contributed by atoms with Gasteiger partial charge in [-0.3, -0.25) is 10.1 Å². The Bertz CT molecular complexity index is 644. The molecule has 0 aliphatic heterocycles. The van der Waals surface area contributed by atoms with Crippen molar-refractivity contribution in [3.8, 4) is 11.3 Å². The average molecular weight is 261 g/mol. The van der Waals surface area contributed by atoms with Crippen LogP contribution in [0.15, 0.2) is 30.3 Å². The predicted molar refractivity (Wildman–Crippen MR) is 70.6 cm³/mol. The second kappa shape index (κ2) is 5.01. The van der Waals surface area contributed by atoms with Gasteiger partial charge in [0, 0.05) is 18.7 Å². The molecule has 0 unspecified atom stereocenters. The first kappa shape index (κ1) is 12.9. The molecular weight excluding hydrogens is 249 g/mol. The van der Waals surface area contributed by atoms with Crippen LogP contribution in [-0.4, -0.2) is 17.0 Å². The number of nitrogens with zero attached hydrogens (tertiary/aromatic N) is 2. The normalized spacial score (nSPS) is 10.3. The lowest BCUT2D eigenvalue weighted by Crippen LogP contribution is -1.98. The Balaban J connectivity index is 2.57. The molecule has 0 amide bonds. The maximum atomic E-state index is 13.5. The molecule has 0 spiro atoms. The van der Waals surface area contributed by atoms with Gasteiger partial charge >= 0.3 is 0 Å². The summed E-state index contributed by atoms with van der Waals surface area (Å²) in [4.78, 5) is 14.5. The number of aromatic nitrogens is 1. The van der Waals surface area contributed by atoms with Crippen LogP contribution < -0.4 is 5.32 Å². The number of benzene rings is 1. The third-order valence-electron chi connectivity index (χ3n) is 2.74. The van der Waals surface area contributed by atoms with Gasteiger partial charge in [0.15, 0.2) is 0 Å².